The average molecular weight is 254 g/mol. The van der Waals surface area contributed by atoms with E-state index in [1.54, 1.807) is 0 Å². The predicted octanol–water partition coefficient (Wildman–Crippen LogP) is 4.08. The van der Waals surface area contributed by atoms with Gasteiger partial charge in [-0.25, -0.2) is 0 Å². The largest absolute Gasteiger partial charge is 0.441 e. The van der Waals surface area contributed by atoms with Crippen LogP contribution in [0.4, 0.5) is 0 Å². The van der Waals surface area contributed by atoms with Crippen molar-refractivity contribution in [2.75, 3.05) is 6.61 Å². The van der Waals surface area contributed by atoms with E-state index in [0.717, 1.165) is 12.5 Å². The molecule has 0 aromatic rings. The summed E-state index contributed by atoms with van der Waals surface area (Å²) >= 11 is 0. The third-order valence-electron chi connectivity index (χ3n) is 3.93. The van der Waals surface area contributed by atoms with Crippen LogP contribution in [0.25, 0.3) is 0 Å². The van der Waals surface area contributed by atoms with E-state index in [1.165, 1.54) is 31.6 Å². The Morgan fingerprint density at radius 1 is 1.11 bits per heavy atom. The van der Waals surface area contributed by atoms with Gasteiger partial charge < -0.3 is 4.74 Å². The minimum Gasteiger partial charge on any atom is -0.441 e. The predicted molar refractivity (Wildman–Crippen MR) is 78.3 cm³/mol. The van der Waals surface area contributed by atoms with Gasteiger partial charge in [-0.05, 0) is 40.5 Å². The number of hydrogen-bond donors (Lipinski definition) is 0. The molecular formula is C16H32NO+. The normalized spacial score (nSPS) is 20.4. The standard InChI is InChI=1S/C16H32NO/c1-7-9-14(10-8-2)15-11-18-16(12(3)4)17(15)13(5)6/h12-15H,7-11H2,1-6H3/q+1/t15-/m1/s1. The SMILES string of the molecule is CCCC(CCC)[C@H]1COC(C(C)C)=[N+]1C(C)C. The molecule has 0 saturated heterocycles. The maximum absolute atomic E-state index is 6.02. The molecular weight excluding hydrogens is 222 g/mol. The lowest BCUT2D eigenvalue weighted by Gasteiger charge is -2.21. The minimum absolute atomic E-state index is 0.501. The smallest absolute Gasteiger partial charge is 0.339 e. The second-order valence-corrected chi connectivity index (χ2v) is 6.21. The fourth-order valence-corrected chi connectivity index (χ4v) is 3.23. The lowest BCUT2D eigenvalue weighted by molar-refractivity contribution is -0.594. The molecule has 18 heavy (non-hydrogen) atoms. The van der Waals surface area contributed by atoms with Gasteiger partial charge in [-0.3, -0.25) is 0 Å². The fraction of sp³-hybridized carbons (Fsp3) is 0.938. The van der Waals surface area contributed by atoms with E-state index < -0.39 is 0 Å². The summed E-state index contributed by atoms with van der Waals surface area (Å²) in [6, 6.07) is 1.15. The van der Waals surface area contributed by atoms with Crippen molar-refractivity contribution in [3.63, 3.8) is 0 Å². The van der Waals surface area contributed by atoms with Gasteiger partial charge >= 0.3 is 5.90 Å². The fourth-order valence-electron chi connectivity index (χ4n) is 3.23. The summed E-state index contributed by atoms with van der Waals surface area (Å²) in [7, 11) is 0. The molecule has 0 fully saturated rings. The molecule has 1 aliphatic rings. The molecule has 2 nitrogen and oxygen atoms in total. The maximum Gasteiger partial charge on any atom is 0.339 e. The molecule has 0 spiro atoms. The van der Waals surface area contributed by atoms with Gasteiger partial charge in [0.25, 0.3) is 0 Å². The van der Waals surface area contributed by atoms with E-state index >= 15 is 0 Å². The molecule has 1 rings (SSSR count). The maximum atomic E-state index is 6.02. The second-order valence-electron chi connectivity index (χ2n) is 6.21. The van der Waals surface area contributed by atoms with Crippen molar-refractivity contribution in [2.45, 2.75) is 79.3 Å². The Kier molecular flexibility index (Phi) is 6.17. The molecule has 2 heteroatoms. The minimum atomic E-state index is 0.501. The quantitative estimate of drug-likeness (QED) is 0.624. The summed E-state index contributed by atoms with van der Waals surface area (Å²) < 4.78 is 8.57. The highest BCUT2D eigenvalue weighted by atomic mass is 16.5. The van der Waals surface area contributed by atoms with Crippen molar-refractivity contribution < 1.29 is 9.31 Å². The van der Waals surface area contributed by atoms with Crippen LogP contribution >= 0.6 is 0 Å². The van der Waals surface area contributed by atoms with Crippen LogP contribution < -0.4 is 0 Å². The van der Waals surface area contributed by atoms with Crippen molar-refractivity contribution in [2.24, 2.45) is 11.8 Å². The molecule has 0 unspecified atom stereocenters. The van der Waals surface area contributed by atoms with Gasteiger partial charge in [0.15, 0.2) is 18.7 Å². The zero-order chi connectivity index (χ0) is 13.7. The van der Waals surface area contributed by atoms with Gasteiger partial charge in [-0.15, -0.1) is 0 Å². The Hall–Kier alpha value is -0.530. The number of nitrogens with zero attached hydrogens (tertiary/aromatic N) is 1. The highest BCUT2D eigenvalue weighted by molar-refractivity contribution is 5.74. The summed E-state index contributed by atoms with van der Waals surface area (Å²) in [6.07, 6.45) is 5.22. The summed E-state index contributed by atoms with van der Waals surface area (Å²) in [5.41, 5.74) is 0. The first-order chi connectivity index (χ1) is 8.52. The van der Waals surface area contributed by atoms with E-state index in [0.29, 0.717) is 18.0 Å². The van der Waals surface area contributed by atoms with Gasteiger partial charge in [-0.1, -0.05) is 26.7 Å². The number of rotatable bonds is 7. The van der Waals surface area contributed by atoms with Crippen LogP contribution in [0.15, 0.2) is 0 Å². The summed E-state index contributed by atoms with van der Waals surface area (Å²) in [5, 5.41) is 0. The second kappa shape index (κ2) is 7.16. The Balaban J connectivity index is 2.93. The van der Waals surface area contributed by atoms with Crippen LogP contribution in [-0.4, -0.2) is 29.2 Å². The van der Waals surface area contributed by atoms with E-state index in [1.807, 2.05) is 0 Å². The first-order valence-electron chi connectivity index (χ1n) is 7.80. The van der Waals surface area contributed by atoms with Gasteiger partial charge in [0.2, 0.25) is 0 Å². The highest BCUT2D eigenvalue weighted by Gasteiger charge is 2.42. The molecule has 106 valence electrons. The van der Waals surface area contributed by atoms with Gasteiger partial charge in [0.1, 0.15) is 0 Å². The molecule has 1 heterocycles. The third-order valence-corrected chi connectivity index (χ3v) is 3.93. The average Bonchev–Trinajstić information content (AvgIpc) is 2.73. The molecule has 0 amide bonds. The zero-order valence-electron chi connectivity index (χ0n) is 13.2. The summed E-state index contributed by atoms with van der Waals surface area (Å²) in [5.74, 6) is 2.51. The number of ether oxygens (including phenoxy) is 1. The first-order valence-corrected chi connectivity index (χ1v) is 7.80. The highest BCUT2D eigenvalue weighted by Crippen LogP contribution is 2.26. The number of hydrogen-bond acceptors (Lipinski definition) is 1. The topological polar surface area (TPSA) is 12.2 Å². The van der Waals surface area contributed by atoms with Crippen molar-refractivity contribution in [1.29, 1.82) is 0 Å². The molecule has 0 N–H and O–H groups in total. The molecule has 1 aliphatic heterocycles. The van der Waals surface area contributed by atoms with E-state index in [2.05, 4.69) is 46.1 Å². The van der Waals surface area contributed by atoms with Crippen molar-refractivity contribution in [3.8, 4) is 0 Å². The molecule has 0 bridgehead atoms. The van der Waals surface area contributed by atoms with Crippen molar-refractivity contribution in [1.82, 2.24) is 0 Å². The molecule has 1 atom stereocenters. The van der Waals surface area contributed by atoms with Crippen LogP contribution in [0, 0.1) is 11.8 Å². The van der Waals surface area contributed by atoms with Crippen molar-refractivity contribution in [3.05, 3.63) is 0 Å². The third kappa shape index (κ3) is 3.49. The van der Waals surface area contributed by atoms with Gasteiger partial charge in [0, 0.05) is 5.92 Å². The van der Waals surface area contributed by atoms with Crippen LogP contribution in [-0.2, 0) is 4.74 Å². The molecule has 0 aromatic carbocycles. The Morgan fingerprint density at radius 2 is 1.67 bits per heavy atom. The monoisotopic (exact) mass is 254 g/mol. The van der Waals surface area contributed by atoms with E-state index in [9.17, 15) is 0 Å². The van der Waals surface area contributed by atoms with Gasteiger partial charge in [-0.2, -0.15) is 4.58 Å². The van der Waals surface area contributed by atoms with Crippen LogP contribution in [0.1, 0.15) is 67.2 Å². The Bertz CT molecular complexity index is 275. The summed E-state index contributed by atoms with van der Waals surface area (Å²) in [4.78, 5) is 0. The molecule has 0 saturated carbocycles. The van der Waals surface area contributed by atoms with E-state index in [-0.39, 0.29) is 0 Å². The first kappa shape index (κ1) is 15.5. The lowest BCUT2D eigenvalue weighted by Crippen LogP contribution is -2.38. The van der Waals surface area contributed by atoms with Crippen LogP contribution in [0.2, 0.25) is 0 Å². The Labute approximate surface area is 113 Å². The summed E-state index contributed by atoms with van der Waals surface area (Å²) in [6.45, 7) is 14.5. The molecule has 0 radical (unpaired) electrons. The molecule has 0 aliphatic carbocycles. The van der Waals surface area contributed by atoms with Crippen LogP contribution in [0.3, 0.4) is 0 Å². The Morgan fingerprint density at radius 3 is 2.06 bits per heavy atom. The van der Waals surface area contributed by atoms with E-state index in [4.69, 9.17) is 4.74 Å². The lowest BCUT2D eigenvalue weighted by atomic mass is 9.90. The molecule has 0 aromatic heterocycles. The van der Waals surface area contributed by atoms with Crippen molar-refractivity contribution >= 4 is 5.90 Å². The van der Waals surface area contributed by atoms with Gasteiger partial charge in [0.05, 0.1) is 5.92 Å². The van der Waals surface area contributed by atoms with Crippen LogP contribution in [0.5, 0.6) is 0 Å². The zero-order valence-corrected chi connectivity index (χ0v) is 13.2.